The van der Waals surface area contributed by atoms with Gasteiger partial charge in [-0.2, -0.15) is 0 Å². The molecule has 5 nitrogen and oxygen atoms in total. The van der Waals surface area contributed by atoms with E-state index in [-0.39, 0.29) is 0 Å². The molecule has 98 valence electrons. The molecule has 0 atom stereocenters. The lowest BCUT2D eigenvalue weighted by molar-refractivity contribution is 0.321. The summed E-state index contributed by atoms with van der Waals surface area (Å²) in [6, 6.07) is 9.38. The maximum absolute atomic E-state index is 8.55. The maximum Gasteiger partial charge on any atom is 0.125 e. The lowest BCUT2D eigenvalue weighted by atomic mass is 10.3. The Hall–Kier alpha value is -2.60. The van der Waals surface area contributed by atoms with Crippen molar-refractivity contribution < 1.29 is 5.21 Å². The van der Waals surface area contributed by atoms with E-state index in [1.54, 1.807) is 36.0 Å². The third kappa shape index (κ3) is 2.55. The fourth-order valence-electron chi connectivity index (χ4n) is 1.74. The summed E-state index contributed by atoms with van der Waals surface area (Å²) in [5, 5.41) is 12.4. The minimum atomic E-state index is 0.598. The van der Waals surface area contributed by atoms with Crippen molar-refractivity contribution in [2.24, 2.45) is 5.16 Å². The van der Waals surface area contributed by atoms with Gasteiger partial charge in [0, 0.05) is 24.2 Å². The minimum absolute atomic E-state index is 0.598. The van der Waals surface area contributed by atoms with E-state index in [1.807, 2.05) is 24.3 Å². The van der Waals surface area contributed by atoms with Crippen LogP contribution in [0.3, 0.4) is 0 Å². The van der Waals surface area contributed by atoms with Crippen molar-refractivity contribution in [1.29, 1.82) is 0 Å². The molecule has 3 aromatic rings. The van der Waals surface area contributed by atoms with Crippen LogP contribution in [0.2, 0.25) is 0 Å². The number of hydrogen-bond donors (Lipinski definition) is 1. The van der Waals surface area contributed by atoms with Crippen LogP contribution in [0.4, 0.5) is 0 Å². The van der Waals surface area contributed by atoms with Crippen LogP contribution in [0.15, 0.2) is 54.1 Å². The molecule has 3 rings (SSSR count). The van der Waals surface area contributed by atoms with Gasteiger partial charge in [-0.15, -0.1) is 11.3 Å². The third-order valence-electron chi connectivity index (χ3n) is 2.63. The van der Waals surface area contributed by atoms with Gasteiger partial charge in [0.1, 0.15) is 5.01 Å². The van der Waals surface area contributed by atoms with E-state index < -0.39 is 0 Å². The van der Waals surface area contributed by atoms with Crippen LogP contribution in [0.5, 0.6) is 0 Å². The molecule has 6 heteroatoms. The molecule has 20 heavy (non-hydrogen) atoms. The number of aromatic nitrogens is 3. The second-order valence-electron chi connectivity index (χ2n) is 3.96. The number of oxime groups is 1. The SMILES string of the molecule is O/N=C/c1cccc(-c2cnc(-c3cccnc3)s2)n1. The monoisotopic (exact) mass is 282 g/mol. The summed E-state index contributed by atoms with van der Waals surface area (Å²) in [6.07, 6.45) is 6.60. The van der Waals surface area contributed by atoms with Crippen molar-refractivity contribution in [3.05, 3.63) is 54.6 Å². The Balaban J connectivity index is 1.96. The molecular weight excluding hydrogens is 272 g/mol. The standard InChI is InChI=1S/C14H10N4OS/c19-17-8-11-4-1-5-12(18-11)13-9-16-14(20-13)10-3-2-6-15-7-10/h1-9,19H/b17-8+. The summed E-state index contributed by atoms with van der Waals surface area (Å²) < 4.78 is 0. The number of hydrogen-bond acceptors (Lipinski definition) is 6. The van der Waals surface area contributed by atoms with Crippen LogP contribution in [0.25, 0.3) is 21.1 Å². The van der Waals surface area contributed by atoms with Crippen LogP contribution < -0.4 is 0 Å². The fourth-order valence-corrected chi connectivity index (χ4v) is 2.61. The number of thiazole rings is 1. The number of rotatable bonds is 3. The van der Waals surface area contributed by atoms with E-state index >= 15 is 0 Å². The molecule has 0 spiro atoms. The van der Waals surface area contributed by atoms with Crippen molar-refractivity contribution in [1.82, 2.24) is 15.0 Å². The van der Waals surface area contributed by atoms with Gasteiger partial charge >= 0.3 is 0 Å². The Morgan fingerprint density at radius 1 is 1.15 bits per heavy atom. The van der Waals surface area contributed by atoms with Crippen molar-refractivity contribution in [3.63, 3.8) is 0 Å². The van der Waals surface area contributed by atoms with Crippen molar-refractivity contribution in [2.75, 3.05) is 0 Å². The summed E-state index contributed by atoms with van der Waals surface area (Å²) in [6.45, 7) is 0. The second-order valence-corrected chi connectivity index (χ2v) is 4.99. The topological polar surface area (TPSA) is 71.3 Å². The van der Waals surface area contributed by atoms with Gasteiger partial charge in [0.25, 0.3) is 0 Å². The highest BCUT2D eigenvalue weighted by Gasteiger charge is 2.08. The van der Waals surface area contributed by atoms with E-state index in [4.69, 9.17) is 5.21 Å². The molecule has 1 N–H and O–H groups in total. The number of nitrogens with zero attached hydrogens (tertiary/aromatic N) is 4. The molecule has 0 bridgehead atoms. The average Bonchev–Trinajstić information content (AvgIpc) is 2.99. The van der Waals surface area contributed by atoms with Crippen LogP contribution >= 0.6 is 11.3 Å². The molecule has 3 heterocycles. The molecule has 0 saturated carbocycles. The Bertz CT molecular complexity index is 740. The first-order valence-corrected chi connectivity index (χ1v) is 6.69. The first-order chi connectivity index (χ1) is 9.86. The maximum atomic E-state index is 8.55. The molecule has 0 saturated heterocycles. The zero-order valence-electron chi connectivity index (χ0n) is 10.3. The lowest BCUT2D eigenvalue weighted by Gasteiger charge is -1.97. The van der Waals surface area contributed by atoms with Gasteiger partial charge in [-0.1, -0.05) is 11.2 Å². The normalized spacial score (nSPS) is 11.0. The molecule has 0 unspecified atom stereocenters. The number of pyridine rings is 2. The smallest absolute Gasteiger partial charge is 0.125 e. The van der Waals surface area contributed by atoms with Crippen molar-refractivity contribution in [2.45, 2.75) is 0 Å². The molecule has 0 fully saturated rings. The zero-order valence-corrected chi connectivity index (χ0v) is 11.2. The van der Waals surface area contributed by atoms with E-state index in [0.717, 1.165) is 21.1 Å². The Labute approximate surface area is 119 Å². The third-order valence-corrected chi connectivity index (χ3v) is 3.70. The van der Waals surface area contributed by atoms with Gasteiger partial charge in [-0.25, -0.2) is 9.97 Å². The van der Waals surface area contributed by atoms with Crippen molar-refractivity contribution >= 4 is 17.6 Å². The van der Waals surface area contributed by atoms with Gasteiger partial charge in [-0.3, -0.25) is 4.98 Å². The van der Waals surface area contributed by atoms with Gasteiger partial charge in [0.05, 0.1) is 22.5 Å². The predicted octanol–water partition coefficient (Wildman–Crippen LogP) is 3.08. The molecule has 3 aromatic heterocycles. The molecular formula is C14H10N4OS. The largest absolute Gasteiger partial charge is 0.411 e. The Kier molecular flexibility index (Phi) is 3.47. The summed E-state index contributed by atoms with van der Waals surface area (Å²) >= 11 is 1.55. The van der Waals surface area contributed by atoms with E-state index in [9.17, 15) is 0 Å². The summed E-state index contributed by atoms with van der Waals surface area (Å²) in [4.78, 5) is 13.8. The molecule has 0 aromatic carbocycles. The van der Waals surface area contributed by atoms with Gasteiger partial charge in [0.15, 0.2) is 0 Å². The van der Waals surface area contributed by atoms with Gasteiger partial charge in [0.2, 0.25) is 0 Å². The quantitative estimate of drug-likeness (QED) is 0.455. The Morgan fingerprint density at radius 2 is 2.10 bits per heavy atom. The highest BCUT2D eigenvalue weighted by Crippen LogP contribution is 2.30. The van der Waals surface area contributed by atoms with Crippen LogP contribution in [0.1, 0.15) is 5.69 Å². The lowest BCUT2D eigenvalue weighted by Crippen LogP contribution is -1.88. The summed E-state index contributed by atoms with van der Waals surface area (Å²) in [5.74, 6) is 0. The van der Waals surface area contributed by atoms with Gasteiger partial charge < -0.3 is 5.21 Å². The second kappa shape index (κ2) is 5.58. The first-order valence-electron chi connectivity index (χ1n) is 5.88. The average molecular weight is 282 g/mol. The van der Waals surface area contributed by atoms with Crippen LogP contribution in [-0.2, 0) is 0 Å². The Morgan fingerprint density at radius 3 is 2.90 bits per heavy atom. The van der Waals surface area contributed by atoms with E-state index in [0.29, 0.717) is 5.69 Å². The summed E-state index contributed by atoms with van der Waals surface area (Å²) in [5.41, 5.74) is 2.38. The zero-order chi connectivity index (χ0) is 13.8. The van der Waals surface area contributed by atoms with E-state index in [1.165, 1.54) is 6.21 Å². The predicted molar refractivity (Wildman–Crippen MR) is 78.0 cm³/mol. The van der Waals surface area contributed by atoms with Crippen LogP contribution in [-0.4, -0.2) is 26.4 Å². The highest BCUT2D eigenvalue weighted by atomic mass is 32.1. The molecule has 0 aliphatic heterocycles. The minimum Gasteiger partial charge on any atom is -0.411 e. The fraction of sp³-hybridized carbons (Fsp3) is 0. The highest BCUT2D eigenvalue weighted by molar-refractivity contribution is 7.18. The molecule has 0 amide bonds. The summed E-state index contributed by atoms with van der Waals surface area (Å²) in [7, 11) is 0. The molecule has 0 aliphatic rings. The van der Waals surface area contributed by atoms with Crippen LogP contribution in [0, 0.1) is 0 Å². The van der Waals surface area contributed by atoms with Crippen molar-refractivity contribution in [3.8, 4) is 21.1 Å². The van der Waals surface area contributed by atoms with E-state index in [2.05, 4.69) is 20.1 Å². The van der Waals surface area contributed by atoms with Gasteiger partial charge in [-0.05, 0) is 24.3 Å². The molecule has 0 radical (unpaired) electrons. The first kappa shape index (κ1) is 12.4. The molecule has 0 aliphatic carbocycles.